The third kappa shape index (κ3) is 4.85. The van der Waals surface area contributed by atoms with Gasteiger partial charge in [0, 0.05) is 0 Å². The molecule has 0 heterocycles. The molecule has 0 amide bonds. The summed E-state index contributed by atoms with van der Waals surface area (Å²) < 4.78 is 10.8. The van der Waals surface area contributed by atoms with Gasteiger partial charge in [-0.25, -0.2) is 4.79 Å². The third-order valence-corrected chi connectivity index (χ3v) is 3.59. The van der Waals surface area contributed by atoms with E-state index in [0.29, 0.717) is 18.8 Å². The molecule has 0 aliphatic carbocycles. The van der Waals surface area contributed by atoms with Gasteiger partial charge in [0.1, 0.15) is 12.4 Å². The summed E-state index contributed by atoms with van der Waals surface area (Å²) in [7, 11) is 0. The van der Waals surface area contributed by atoms with Gasteiger partial charge in [0.05, 0.1) is 12.2 Å². The second-order valence-electron chi connectivity index (χ2n) is 6.48. The summed E-state index contributed by atoms with van der Waals surface area (Å²) >= 11 is 0. The van der Waals surface area contributed by atoms with Gasteiger partial charge in [-0.1, -0.05) is 45.0 Å². The molecule has 0 atom stereocenters. The highest BCUT2D eigenvalue weighted by atomic mass is 16.5. The zero-order valence-corrected chi connectivity index (χ0v) is 14.3. The smallest absolute Gasteiger partial charge is 0.338 e. The van der Waals surface area contributed by atoms with Crippen LogP contribution in [0.4, 0.5) is 0 Å². The molecule has 0 aliphatic rings. The predicted octanol–water partition coefficient (Wildman–Crippen LogP) is 4.74. The van der Waals surface area contributed by atoms with Gasteiger partial charge in [-0.05, 0) is 47.7 Å². The summed E-state index contributed by atoms with van der Waals surface area (Å²) in [6.07, 6.45) is 0. The molecule has 122 valence electrons. The van der Waals surface area contributed by atoms with E-state index >= 15 is 0 Å². The van der Waals surface area contributed by atoms with Crippen molar-refractivity contribution < 1.29 is 14.3 Å². The molecule has 2 aromatic carbocycles. The minimum Gasteiger partial charge on any atom is -0.489 e. The van der Waals surface area contributed by atoms with Crippen LogP contribution in [0.15, 0.2) is 48.5 Å². The highest BCUT2D eigenvalue weighted by Crippen LogP contribution is 2.24. The Kier molecular flexibility index (Phi) is 5.43. The maximum Gasteiger partial charge on any atom is 0.338 e. The second-order valence-corrected chi connectivity index (χ2v) is 6.48. The maximum atomic E-state index is 11.6. The topological polar surface area (TPSA) is 35.5 Å². The average Bonchev–Trinajstić information content (AvgIpc) is 2.53. The van der Waals surface area contributed by atoms with Crippen LogP contribution >= 0.6 is 0 Å². The van der Waals surface area contributed by atoms with E-state index in [1.807, 2.05) is 24.3 Å². The molecule has 2 rings (SSSR count). The first kappa shape index (κ1) is 17.1. The fraction of sp³-hybridized carbons (Fsp3) is 0.350. The van der Waals surface area contributed by atoms with Crippen LogP contribution in [0, 0.1) is 0 Å². The molecule has 0 saturated heterocycles. The van der Waals surface area contributed by atoms with Crippen molar-refractivity contribution in [2.24, 2.45) is 0 Å². The van der Waals surface area contributed by atoms with Crippen molar-refractivity contribution in [3.05, 3.63) is 65.2 Å². The van der Waals surface area contributed by atoms with Gasteiger partial charge in [0.15, 0.2) is 0 Å². The molecule has 0 saturated carbocycles. The highest BCUT2D eigenvalue weighted by molar-refractivity contribution is 5.89. The Hall–Kier alpha value is -2.29. The number of carbonyl (C=O) groups is 1. The number of ether oxygens (including phenoxy) is 2. The van der Waals surface area contributed by atoms with Crippen molar-refractivity contribution in [3.8, 4) is 5.75 Å². The Balaban J connectivity index is 1.94. The lowest BCUT2D eigenvalue weighted by Crippen LogP contribution is -2.10. The lowest BCUT2D eigenvalue weighted by Gasteiger charge is -2.19. The van der Waals surface area contributed by atoms with E-state index in [1.165, 1.54) is 5.56 Å². The molecule has 0 N–H and O–H groups in total. The normalized spacial score (nSPS) is 11.1. The summed E-state index contributed by atoms with van der Waals surface area (Å²) in [5.74, 6) is 0.546. The molecule has 0 bridgehead atoms. The van der Waals surface area contributed by atoms with Gasteiger partial charge in [-0.3, -0.25) is 0 Å². The summed E-state index contributed by atoms with van der Waals surface area (Å²) in [5.41, 5.74) is 2.99. The fourth-order valence-corrected chi connectivity index (χ4v) is 2.17. The first-order valence-electron chi connectivity index (χ1n) is 7.89. The van der Waals surface area contributed by atoms with Crippen LogP contribution in [0.2, 0.25) is 0 Å². The average molecular weight is 312 g/mol. The first-order valence-corrected chi connectivity index (χ1v) is 7.89. The van der Waals surface area contributed by atoms with E-state index in [0.717, 1.165) is 11.3 Å². The zero-order valence-electron chi connectivity index (χ0n) is 14.3. The monoisotopic (exact) mass is 312 g/mol. The van der Waals surface area contributed by atoms with Crippen LogP contribution in [0.1, 0.15) is 49.2 Å². The van der Waals surface area contributed by atoms with Gasteiger partial charge < -0.3 is 9.47 Å². The van der Waals surface area contributed by atoms with E-state index in [2.05, 4.69) is 32.9 Å². The summed E-state index contributed by atoms with van der Waals surface area (Å²) in [6, 6.07) is 15.5. The van der Waals surface area contributed by atoms with Crippen LogP contribution < -0.4 is 4.74 Å². The lowest BCUT2D eigenvalue weighted by molar-refractivity contribution is 0.0526. The van der Waals surface area contributed by atoms with Crippen molar-refractivity contribution in [3.63, 3.8) is 0 Å². The van der Waals surface area contributed by atoms with Gasteiger partial charge in [-0.15, -0.1) is 0 Å². The highest BCUT2D eigenvalue weighted by Gasteiger charge is 2.13. The lowest BCUT2D eigenvalue weighted by atomic mass is 9.87. The van der Waals surface area contributed by atoms with Gasteiger partial charge in [0.2, 0.25) is 0 Å². The Morgan fingerprint density at radius 2 is 1.57 bits per heavy atom. The Labute approximate surface area is 138 Å². The third-order valence-electron chi connectivity index (χ3n) is 3.59. The van der Waals surface area contributed by atoms with Crippen LogP contribution in [0.5, 0.6) is 5.75 Å². The Morgan fingerprint density at radius 1 is 0.957 bits per heavy atom. The quantitative estimate of drug-likeness (QED) is 0.748. The molecule has 23 heavy (non-hydrogen) atoms. The molecule has 0 spiro atoms. The van der Waals surface area contributed by atoms with Crippen LogP contribution in [-0.4, -0.2) is 12.6 Å². The predicted molar refractivity (Wildman–Crippen MR) is 91.9 cm³/mol. The number of hydrogen-bond donors (Lipinski definition) is 0. The summed E-state index contributed by atoms with van der Waals surface area (Å²) in [5, 5.41) is 0. The van der Waals surface area contributed by atoms with Crippen molar-refractivity contribution in [1.82, 2.24) is 0 Å². The SMILES string of the molecule is CCOC(=O)c1ccc(COc2ccc(C(C)(C)C)cc2)cc1. The molecule has 2 aromatic rings. The second kappa shape index (κ2) is 7.32. The molecule has 3 heteroatoms. The molecule has 0 aromatic heterocycles. The molecule has 3 nitrogen and oxygen atoms in total. The van der Waals surface area contributed by atoms with Crippen molar-refractivity contribution in [2.75, 3.05) is 6.61 Å². The number of hydrogen-bond acceptors (Lipinski definition) is 3. The minimum absolute atomic E-state index is 0.140. The van der Waals surface area contributed by atoms with Gasteiger partial charge >= 0.3 is 5.97 Å². The van der Waals surface area contributed by atoms with E-state index in [4.69, 9.17) is 9.47 Å². The number of esters is 1. The molecule has 0 radical (unpaired) electrons. The first-order chi connectivity index (χ1) is 10.9. The van der Waals surface area contributed by atoms with Gasteiger partial charge in [-0.2, -0.15) is 0 Å². The van der Waals surface area contributed by atoms with Crippen molar-refractivity contribution in [2.45, 2.75) is 39.7 Å². The standard InChI is InChI=1S/C20H24O3/c1-5-22-19(21)16-8-6-15(7-9-16)14-23-18-12-10-17(11-13-18)20(2,3)4/h6-13H,5,14H2,1-4H3. The molecule has 0 fully saturated rings. The fourth-order valence-electron chi connectivity index (χ4n) is 2.17. The number of benzene rings is 2. The minimum atomic E-state index is -0.294. The van der Waals surface area contributed by atoms with E-state index in [1.54, 1.807) is 19.1 Å². The summed E-state index contributed by atoms with van der Waals surface area (Å²) in [4.78, 5) is 11.6. The Morgan fingerprint density at radius 3 is 2.09 bits per heavy atom. The maximum absolute atomic E-state index is 11.6. The van der Waals surface area contributed by atoms with Gasteiger partial charge in [0.25, 0.3) is 0 Å². The van der Waals surface area contributed by atoms with E-state index < -0.39 is 0 Å². The van der Waals surface area contributed by atoms with Crippen molar-refractivity contribution >= 4 is 5.97 Å². The molecular weight excluding hydrogens is 288 g/mol. The largest absolute Gasteiger partial charge is 0.489 e. The molecule has 0 unspecified atom stereocenters. The summed E-state index contributed by atoms with van der Waals surface area (Å²) in [6.45, 7) is 9.22. The van der Waals surface area contributed by atoms with E-state index in [-0.39, 0.29) is 11.4 Å². The van der Waals surface area contributed by atoms with Crippen LogP contribution in [-0.2, 0) is 16.8 Å². The number of carbonyl (C=O) groups excluding carboxylic acids is 1. The molecule has 0 aliphatic heterocycles. The van der Waals surface area contributed by atoms with E-state index in [9.17, 15) is 4.79 Å². The van der Waals surface area contributed by atoms with Crippen molar-refractivity contribution in [1.29, 1.82) is 0 Å². The molecular formula is C20H24O3. The van der Waals surface area contributed by atoms with Crippen LogP contribution in [0.25, 0.3) is 0 Å². The number of rotatable bonds is 5. The zero-order chi connectivity index (χ0) is 16.9. The Bertz CT molecular complexity index is 634. The van der Waals surface area contributed by atoms with Crippen LogP contribution in [0.3, 0.4) is 0 Å².